The van der Waals surface area contributed by atoms with Gasteiger partial charge in [0.2, 0.25) is 0 Å². The minimum Gasteiger partial charge on any atom is -0.478 e. The Bertz CT molecular complexity index is 481. The quantitative estimate of drug-likeness (QED) is 0.863. The summed E-state index contributed by atoms with van der Waals surface area (Å²) < 4.78 is 0. The molecule has 1 aromatic carbocycles. The summed E-state index contributed by atoms with van der Waals surface area (Å²) in [6, 6.07) is 1.60. The van der Waals surface area contributed by atoms with Gasteiger partial charge in [-0.1, -0.05) is 0 Å². The van der Waals surface area contributed by atoms with E-state index in [9.17, 15) is 19.2 Å². The Balaban J connectivity index is 3.71. The third kappa shape index (κ3) is 2.87. The average Bonchev–Trinajstić information content (AvgIpc) is 2.26. The van der Waals surface area contributed by atoms with Gasteiger partial charge in [0.1, 0.15) is 0 Å². The first-order valence-electron chi connectivity index (χ1n) is 4.26. The van der Waals surface area contributed by atoms with E-state index in [2.05, 4.69) is 0 Å². The monoisotopic (exact) mass is 308 g/mol. The molecule has 0 saturated carbocycles. The first-order valence-corrected chi connectivity index (χ1v) is 5.40. The largest absolute Gasteiger partial charge is 0.478 e. The van der Waals surface area contributed by atoms with Crippen LogP contribution < -0.4 is 0 Å². The lowest BCUT2D eigenvalue weighted by Crippen LogP contribution is -2.11. The third-order valence-corrected chi connectivity index (χ3v) is 2.63. The molecule has 0 radical (unpaired) electrons. The molecule has 1 rings (SSSR count). The van der Waals surface area contributed by atoms with Crippen LogP contribution in [0.5, 0.6) is 0 Å². The summed E-state index contributed by atoms with van der Waals surface area (Å²) in [5, 5.41) is 5.64. The molecule has 0 amide bonds. The van der Waals surface area contributed by atoms with Crippen LogP contribution in [0, 0.1) is 0 Å². The molecule has 0 aliphatic heterocycles. The Labute approximate surface area is 115 Å². The molecule has 0 aliphatic carbocycles. The second-order valence-corrected chi connectivity index (χ2v) is 4.10. The van der Waals surface area contributed by atoms with E-state index >= 15 is 0 Å². The highest BCUT2D eigenvalue weighted by molar-refractivity contribution is 6.72. The van der Waals surface area contributed by atoms with Gasteiger partial charge < -0.3 is 5.11 Å². The lowest BCUT2D eigenvalue weighted by Gasteiger charge is -2.07. The van der Waals surface area contributed by atoms with Gasteiger partial charge in [-0.3, -0.25) is 14.4 Å². The van der Waals surface area contributed by atoms with Gasteiger partial charge in [0.25, 0.3) is 15.7 Å². The highest BCUT2D eigenvalue weighted by Crippen LogP contribution is 2.22. The summed E-state index contributed by atoms with van der Waals surface area (Å²) in [6.45, 7) is 0. The van der Waals surface area contributed by atoms with Gasteiger partial charge in [0, 0.05) is 16.7 Å². The van der Waals surface area contributed by atoms with E-state index in [0.29, 0.717) is 0 Å². The van der Waals surface area contributed by atoms with Gasteiger partial charge in [0.15, 0.2) is 0 Å². The van der Waals surface area contributed by atoms with Gasteiger partial charge in [-0.15, -0.1) is 0 Å². The predicted octanol–water partition coefficient (Wildman–Crippen LogP) is 2.52. The van der Waals surface area contributed by atoms with Crippen molar-refractivity contribution in [1.29, 1.82) is 0 Å². The summed E-state index contributed by atoms with van der Waals surface area (Å²) in [7, 11) is 0. The molecular formula is C10H3Cl3O5. The standard InChI is InChI=1S/C10H3Cl3O5/c11-7(14)3-1-5(9(13)16)6(10(17)18)2-4(3)8(12)15/h1-2H,(H,17,18). The molecule has 94 valence electrons. The molecule has 0 bridgehead atoms. The third-order valence-electron chi connectivity index (χ3n) is 2.02. The maximum absolute atomic E-state index is 11.1. The molecule has 0 spiro atoms. The van der Waals surface area contributed by atoms with Gasteiger partial charge >= 0.3 is 5.97 Å². The summed E-state index contributed by atoms with van der Waals surface area (Å²) in [5.41, 5.74) is -1.78. The van der Waals surface area contributed by atoms with Crippen molar-refractivity contribution in [3.05, 3.63) is 34.4 Å². The number of carboxylic acid groups (broad SMARTS) is 1. The molecular weight excluding hydrogens is 306 g/mol. The van der Waals surface area contributed by atoms with E-state index in [0.717, 1.165) is 12.1 Å². The number of hydrogen-bond acceptors (Lipinski definition) is 4. The summed E-state index contributed by atoms with van der Waals surface area (Å²) >= 11 is 15.6. The minimum absolute atomic E-state index is 0.384. The molecule has 0 fully saturated rings. The molecule has 0 aliphatic rings. The van der Waals surface area contributed by atoms with Gasteiger partial charge in [0.05, 0.1) is 5.56 Å². The van der Waals surface area contributed by atoms with Crippen molar-refractivity contribution in [3.8, 4) is 0 Å². The SMILES string of the molecule is O=C(O)c1cc(C(=O)Cl)c(C(=O)Cl)cc1C(=O)Cl. The maximum Gasteiger partial charge on any atom is 0.336 e. The van der Waals surface area contributed by atoms with Crippen molar-refractivity contribution in [1.82, 2.24) is 0 Å². The van der Waals surface area contributed by atoms with Crippen molar-refractivity contribution in [3.63, 3.8) is 0 Å². The molecule has 8 heteroatoms. The second-order valence-electron chi connectivity index (χ2n) is 3.07. The molecule has 0 aromatic heterocycles. The highest BCUT2D eigenvalue weighted by Gasteiger charge is 2.23. The van der Waals surface area contributed by atoms with Crippen molar-refractivity contribution in [2.75, 3.05) is 0 Å². The fraction of sp³-hybridized carbons (Fsp3) is 0. The number of halogens is 3. The highest BCUT2D eigenvalue weighted by atomic mass is 35.5. The van der Waals surface area contributed by atoms with Crippen LogP contribution in [0.2, 0.25) is 0 Å². The summed E-state index contributed by atoms with van der Waals surface area (Å²) in [6.07, 6.45) is 0. The zero-order valence-corrected chi connectivity index (χ0v) is 10.6. The van der Waals surface area contributed by atoms with Crippen LogP contribution in [0.25, 0.3) is 0 Å². The molecule has 5 nitrogen and oxygen atoms in total. The number of hydrogen-bond donors (Lipinski definition) is 1. The van der Waals surface area contributed by atoms with Crippen LogP contribution in [0.3, 0.4) is 0 Å². The van der Waals surface area contributed by atoms with E-state index < -0.39 is 38.4 Å². The second kappa shape index (κ2) is 5.48. The molecule has 1 aromatic rings. The van der Waals surface area contributed by atoms with Crippen LogP contribution in [-0.2, 0) is 0 Å². The first-order chi connectivity index (χ1) is 8.25. The van der Waals surface area contributed by atoms with Gasteiger partial charge in [-0.25, -0.2) is 4.79 Å². The van der Waals surface area contributed by atoms with Crippen molar-refractivity contribution in [2.45, 2.75) is 0 Å². The molecule has 0 atom stereocenters. The number of rotatable bonds is 4. The normalized spacial score (nSPS) is 9.94. The zero-order valence-electron chi connectivity index (χ0n) is 8.37. The van der Waals surface area contributed by atoms with Crippen LogP contribution >= 0.6 is 34.8 Å². The molecule has 1 N–H and O–H groups in total. The topological polar surface area (TPSA) is 88.5 Å². The number of carboxylic acids is 1. The lowest BCUT2D eigenvalue weighted by molar-refractivity contribution is 0.0693. The lowest BCUT2D eigenvalue weighted by atomic mass is 10.00. The smallest absolute Gasteiger partial charge is 0.336 e. The first kappa shape index (κ1) is 14.6. The number of benzene rings is 1. The van der Waals surface area contributed by atoms with Crippen molar-refractivity contribution >= 4 is 56.5 Å². The average molecular weight is 309 g/mol. The van der Waals surface area contributed by atoms with E-state index in [1.54, 1.807) is 0 Å². The number of carbonyl (C=O) groups is 4. The number of aromatic carboxylic acids is 1. The van der Waals surface area contributed by atoms with Gasteiger partial charge in [-0.2, -0.15) is 0 Å². The van der Waals surface area contributed by atoms with E-state index in [1.165, 1.54) is 0 Å². The van der Waals surface area contributed by atoms with Crippen LogP contribution in [0.15, 0.2) is 12.1 Å². The van der Waals surface area contributed by atoms with Crippen molar-refractivity contribution in [2.24, 2.45) is 0 Å². The minimum atomic E-state index is -1.49. The van der Waals surface area contributed by atoms with E-state index in [4.69, 9.17) is 39.9 Å². The van der Waals surface area contributed by atoms with Crippen LogP contribution in [0.4, 0.5) is 0 Å². The summed E-state index contributed by atoms with van der Waals surface area (Å²) in [5.74, 6) is -1.49. The summed E-state index contributed by atoms with van der Waals surface area (Å²) in [4.78, 5) is 44.1. The Morgan fingerprint density at radius 2 is 1.00 bits per heavy atom. The van der Waals surface area contributed by atoms with Crippen molar-refractivity contribution < 1.29 is 24.3 Å². The molecule has 18 heavy (non-hydrogen) atoms. The van der Waals surface area contributed by atoms with Gasteiger partial charge in [-0.05, 0) is 46.9 Å². The fourth-order valence-corrected chi connectivity index (χ4v) is 1.73. The van der Waals surface area contributed by atoms with Crippen LogP contribution in [-0.4, -0.2) is 26.8 Å². The fourth-order valence-electron chi connectivity index (χ4n) is 1.26. The zero-order chi connectivity index (χ0) is 14.0. The Morgan fingerprint density at radius 3 is 1.28 bits per heavy atom. The Hall–Kier alpha value is -1.43. The Morgan fingerprint density at radius 1 is 0.722 bits per heavy atom. The predicted molar refractivity (Wildman–Crippen MR) is 64.0 cm³/mol. The van der Waals surface area contributed by atoms with E-state index in [-0.39, 0.29) is 5.56 Å². The number of carbonyl (C=O) groups excluding carboxylic acids is 3. The van der Waals surface area contributed by atoms with E-state index in [1.807, 2.05) is 0 Å². The molecule has 0 saturated heterocycles. The maximum atomic E-state index is 11.1. The van der Waals surface area contributed by atoms with Crippen LogP contribution in [0.1, 0.15) is 41.4 Å². The Kier molecular flexibility index (Phi) is 4.45. The molecule has 0 unspecified atom stereocenters. The molecule has 0 heterocycles.